The minimum absolute atomic E-state index is 0.0217. The monoisotopic (exact) mass is 418 g/mol. The van der Waals surface area contributed by atoms with Crippen LogP contribution in [0.4, 0.5) is 10.1 Å². The third kappa shape index (κ3) is 5.00. The van der Waals surface area contributed by atoms with Crippen LogP contribution in [0.15, 0.2) is 53.4 Å². The van der Waals surface area contributed by atoms with Gasteiger partial charge in [-0.05, 0) is 61.4 Å². The lowest BCUT2D eigenvalue weighted by atomic mass is 9.95. The van der Waals surface area contributed by atoms with Crippen LogP contribution in [-0.4, -0.2) is 44.0 Å². The number of likely N-dealkylation sites (tertiary alicyclic amines) is 1. The van der Waals surface area contributed by atoms with Crippen molar-refractivity contribution in [2.24, 2.45) is 5.92 Å². The van der Waals surface area contributed by atoms with Crippen LogP contribution in [-0.2, 0) is 14.6 Å². The number of sulfone groups is 1. The smallest absolute Gasteiger partial charge is 0.253 e. The Bertz CT molecular complexity index is 980. The van der Waals surface area contributed by atoms with Gasteiger partial charge in [-0.3, -0.25) is 9.59 Å². The number of benzene rings is 2. The van der Waals surface area contributed by atoms with Gasteiger partial charge in [0, 0.05) is 30.3 Å². The summed E-state index contributed by atoms with van der Waals surface area (Å²) in [4.78, 5) is 26.9. The fourth-order valence-corrected chi connectivity index (χ4v) is 4.16. The number of amides is 2. The number of nitrogens with zero attached hydrogens (tertiary/aromatic N) is 1. The predicted molar refractivity (Wildman–Crippen MR) is 108 cm³/mol. The molecule has 0 saturated carbocycles. The van der Waals surface area contributed by atoms with E-state index in [0.29, 0.717) is 37.2 Å². The fourth-order valence-electron chi connectivity index (χ4n) is 3.28. The minimum Gasteiger partial charge on any atom is -0.339 e. The van der Waals surface area contributed by atoms with Crippen molar-refractivity contribution in [1.29, 1.82) is 0 Å². The predicted octanol–water partition coefficient (Wildman–Crippen LogP) is 3.11. The third-order valence-electron chi connectivity index (χ3n) is 5.11. The molecule has 1 aliphatic heterocycles. The van der Waals surface area contributed by atoms with E-state index in [0.717, 1.165) is 0 Å². The summed E-state index contributed by atoms with van der Waals surface area (Å²) < 4.78 is 36.7. The summed E-state index contributed by atoms with van der Waals surface area (Å²) in [6, 6.07) is 11.5. The average molecular weight is 418 g/mol. The highest BCUT2D eigenvalue weighted by Crippen LogP contribution is 2.22. The van der Waals surface area contributed by atoms with E-state index in [2.05, 4.69) is 5.32 Å². The van der Waals surface area contributed by atoms with Gasteiger partial charge in [-0.1, -0.05) is 6.92 Å². The van der Waals surface area contributed by atoms with Crippen LogP contribution in [0.3, 0.4) is 0 Å². The number of rotatable bonds is 5. The molecule has 6 nitrogen and oxygen atoms in total. The van der Waals surface area contributed by atoms with Crippen LogP contribution < -0.4 is 5.32 Å². The highest BCUT2D eigenvalue weighted by molar-refractivity contribution is 7.91. The van der Waals surface area contributed by atoms with Gasteiger partial charge in [0.15, 0.2) is 9.84 Å². The summed E-state index contributed by atoms with van der Waals surface area (Å²) in [6.45, 7) is 2.47. The molecule has 1 N–H and O–H groups in total. The summed E-state index contributed by atoms with van der Waals surface area (Å²) in [5, 5.41) is 2.81. The van der Waals surface area contributed by atoms with Crippen LogP contribution in [0.2, 0.25) is 0 Å². The van der Waals surface area contributed by atoms with Crippen molar-refractivity contribution in [3.63, 3.8) is 0 Å². The maximum atomic E-state index is 13.0. The molecule has 0 radical (unpaired) electrons. The standard InChI is InChI=1S/C21H23FN2O4S/c1-2-29(27,28)19-9-7-18(8-10-19)23-20(25)15-11-13-24(14-12-15)21(26)16-3-5-17(22)6-4-16/h3-10,15H,2,11-14H2,1H3,(H,23,25). The lowest BCUT2D eigenvalue weighted by Crippen LogP contribution is -2.41. The molecule has 0 aromatic heterocycles. The second-order valence-electron chi connectivity index (χ2n) is 6.99. The van der Waals surface area contributed by atoms with Gasteiger partial charge in [0.25, 0.3) is 5.91 Å². The van der Waals surface area contributed by atoms with Gasteiger partial charge in [0.2, 0.25) is 5.91 Å². The summed E-state index contributed by atoms with van der Waals surface area (Å²) in [5.74, 6) is -0.918. The molecule has 0 bridgehead atoms. The molecule has 2 aromatic carbocycles. The molecule has 1 aliphatic rings. The van der Waals surface area contributed by atoms with E-state index in [-0.39, 0.29) is 28.4 Å². The van der Waals surface area contributed by atoms with Crippen LogP contribution in [0, 0.1) is 11.7 Å². The number of piperidine rings is 1. The Hall–Kier alpha value is -2.74. The average Bonchev–Trinajstić information content (AvgIpc) is 2.74. The number of anilines is 1. The molecule has 1 saturated heterocycles. The second-order valence-corrected chi connectivity index (χ2v) is 9.27. The maximum absolute atomic E-state index is 13.0. The quantitative estimate of drug-likeness (QED) is 0.809. The van der Waals surface area contributed by atoms with E-state index < -0.39 is 15.7 Å². The van der Waals surface area contributed by atoms with Crippen molar-refractivity contribution in [3.05, 3.63) is 59.9 Å². The number of halogens is 1. The van der Waals surface area contributed by atoms with E-state index in [1.54, 1.807) is 24.0 Å². The molecule has 8 heteroatoms. The first-order chi connectivity index (χ1) is 13.8. The van der Waals surface area contributed by atoms with Gasteiger partial charge in [-0.15, -0.1) is 0 Å². The molecule has 154 valence electrons. The molecule has 0 spiro atoms. The van der Waals surface area contributed by atoms with Crippen LogP contribution in [0.5, 0.6) is 0 Å². The summed E-state index contributed by atoms with van der Waals surface area (Å²) in [6.07, 6.45) is 1.06. The SMILES string of the molecule is CCS(=O)(=O)c1ccc(NC(=O)C2CCN(C(=O)c3ccc(F)cc3)CC2)cc1. The molecule has 29 heavy (non-hydrogen) atoms. The van der Waals surface area contributed by atoms with Crippen LogP contribution in [0.1, 0.15) is 30.1 Å². The Labute approximate surface area is 169 Å². The first-order valence-electron chi connectivity index (χ1n) is 9.48. The zero-order valence-corrected chi connectivity index (χ0v) is 16.9. The Morgan fingerprint density at radius 3 is 2.17 bits per heavy atom. The molecule has 1 fully saturated rings. The van der Waals surface area contributed by atoms with Gasteiger partial charge in [0.05, 0.1) is 10.6 Å². The minimum atomic E-state index is -3.27. The van der Waals surface area contributed by atoms with E-state index in [1.807, 2.05) is 0 Å². The Morgan fingerprint density at radius 1 is 1.03 bits per heavy atom. The molecule has 0 atom stereocenters. The fraction of sp³-hybridized carbons (Fsp3) is 0.333. The van der Waals surface area contributed by atoms with E-state index in [1.165, 1.54) is 36.4 Å². The van der Waals surface area contributed by atoms with Crippen LogP contribution >= 0.6 is 0 Å². The van der Waals surface area contributed by atoms with Crippen molar-refractivity contribution < 1.29 is 22.4 Å². The maximum Gasteiger partial charge on any atom is 0.253 e. The molecule has 0 aliphatic carbocycles. The lowest BCUT2D eigenvalue weighted by molar-refractivity contribution is -0.121. The molecule has 2 aromatic rings. The second kappa shape index (κ2) is 8.73. The number of hydrogen-bond donors (Lipinski definition) is 1. The van der Waals surface area contributed by atoms with Crippen molar-refractivity contribution in [2.75, 3.05) is 24.2 Å². The zero-order chi connectivity index (χ0) is 21.0. The number of nitrogens with one attached hydrogen (secondary N) is 1. The largest absolute Gasteiger partial charge is 0.339 e. The summed E-state index contributed by atoms with van der Waals surface area (Å²) in [7, 11) is -3.27. The molecular weight excluding hydrogens is 395 g/mol. The van der Waals surface area contributed by atoms with Gasteiger partial charge >= 0.3 is 0 Å². The van der Waals surface area contributed by atoms with Gasteiger partial charge in [-0.2, -0.15) is 0 Å². The zero-order valence-electron chi connectivity index (χ0n) is 16.1. The van der Waals surface area contributed by atoms with E-state index in [4.69, 9.17) is 0 Å². The lowest BCUT2D eigenvalue weighted by Gasteiger charge is -2.31. The molecule has 0 unspecified atom stereocenters. The number of hydrogen-bond acceptors (Lipinski definition) is 4. The first-order valence-corrected chi connectivity index (χ1v) is 11.1. The molecule has 1 heterocycles. The Kier molecular flexibility index (Phi) is 6.32. The molecule has 3 rings (SSSR count). The third-order valence-corrected chi connectivity index (χ3v) is 6.86. The number of carbonyl (C=O) groups is 2. The topological polar surface area (TPSA) is 83.6 Å². The van der Waals surface area contributed by atoms with Crippen molar-refractivity contribution in [3.8, 4) is 0 Å². The molecular formula is C21H23FN2O4S. The summed E-state index contributed by atoms with van der Waals surface area (Å²) >= 11 is 0. The van der Waals surface area contributed by atoms with Crippen molar-refractivity contribution in [2.45, 2.75) is 24.7 Å². The molecule has 2 amide bonds. The normalized spacial score (nSPS) is 15.2. The van der Waals surface area contributed by atoms with Crippen molar-refractivity contribution >= 4 is 27.3 Å². The van der Waals surface area contributed by atoms with Crippen molar-refractivity contribution in [1.82, 2.24) is 4.90 Å². The van der Waals surface area contributed by atoms with Crippen LogP contribution in [0.25, 0.3) is 0 Å². The summed E-state index contributed by atoms with van der Waals surface area (Å²) in [5.41, 5.74) is 0.964. The first kappa shape index (κ1) is 21.0. The highest BCUT2D eigenvalue weighted by Gasteiger charge is 2.28. The van der Waals surface area contributed by atoms with E-state index in [9.17, 15) is 22.4 Å². The highest BCUT2D eigenvalue weighted by atomic mass is 32.2. The van der Waals surface area contributed by atoms with Gasteiger partial charge < -0.3 is 10.2 Å². The van der Waals surface area contributed by atoms with Gasteiger partial charge in [-0.25, -0.2) is 12.8 Å². The number of carbonyl (C=O) groups excluding carboxylic acids is 2. The Balaban J connectivity index is 1.55. The Morgan fingerprint density at radius 2 is 1.62 bits per heavy atom. The van der Waals surface area contributed by atoms with E-state index >= 15 is 0 Å². The van der Waals surface area contributed by atoms with Gasteiger partial charge in [0.1, 0.15) is 5.82 Å².